The van der Waals surface area contributed by atoms with Crippen molar-refractivity contribution in [3.8, 4) is 0 Å². The second kappa shape index (κ2) is 7.78. The summed E-state index contributed by atoms with van der Waals surface area (Å²) in [6.45, 7) is 8.16. The van der Waals surface area contributed by atoms with Crippen LogP contribution in [0.15, 0.2) is 42.5 Å². The molecule has 1 heterocycles. The van der Waals surface area contributed by atoms with Gasteiger partial charge in [-0.3, -0.25) is 4.72 Å². The summed E-state index contributed by atoms with van der Waals surface area (Å²) in [4.78, 5) is 4.78. The van der Waals surface area contributed by atoms with E-state index in [4.69, 9.17) is 0 Å². The van der Waals surface area contributed by atoms with Crippen molar-refractivity contribution in [2.45, 2.75) is 13.8 Å². The van der Waals surface area contributed by atoms with E-state index in [-0.39, 0.29) is 0 Å². The van der Waals surface area contributed by atoms with Gasteiger partial charge in [-0.2, -0.15) is 12.7 Å². The molecule has 7 heteroatoms. The molecular formula is C20H28N4O2S. The highest BCUT2D eigenvalue weighted by Gasteiger charge is 2.19. The van der Waals surface area contributed by atoms with Crippen molar-refractivity contribution in [2.75, 3.05) is 54.8 Å². The largest absolute Gasteiger partial charge is 0.368 e. The number of hydrogen-bond acceptors (Lipinski definition) is 4. The minimum atomic E-state index is -3.47. The van der Waals surface area contributed by atoms with Crippen molar-refractivity contribution in [1.82, 2.24) is 4.31 Å². The summed E-state index contributed by atoms with van der Waals surface area (Å²) in [6, 6.07) is 14.0. The Bertz CT molecular complexity index is 887. The van der Waals surface area contributed by atoms with Crippen LogP contribution in [0, 0.1) is 13.8 Å². The number of nitrogens with zero attached hydrogens (tertiary/aromatic N) is 3. The normalized spacial score (nSPS) is 15.3. The Balaban J connectivity index is 1.64. The summed E-state index contributed by atoms with van der Waals surface area (Å²) in [5.41, 5.74) is 5.68. The minimum absolute atomic E-state index is 0.571. The van der Waals surface area contributed by atoms with E-state index in [1.807, 2.05) is 24.3 Å². The third kappa shape index (κ3) is 4.36. The van der Waals surface area contributed by atoms with Gasteiger partial charge < -0.3 is 9.80 Å². The monoisotopic (exact) mass is 388 g/mol. The second-order valence-electron chi connectivity index (χ2n) is 7.13. The first-order chi connectivity index (χ1) is 12.8. The molecule has 2 aromatic carbocycles. The Labute approximate surface area is 162 Å². The summed E-state index contributed by atoms with van der Waals surface area (Å²) >= 11 is 0. The molecule has 0 aliphatic carbocycles. The van der Waals surface area contributed by atoms with Crippen LogP contribution < -0.4 is 14.5 Å². The maximum Gasteiger partial charge on any atom is 0.301 e. The van der Waals surface area contributed by atoms with Gasteiger partial charge in [-0.1, -0.05) is 12.1 Å². The fourth-order valence-electron chi connectivity index (χ4n) is 3.26. The number of benzene rings is 2. The van der Waals surface area contributed by atoms with Gasteiger partial charge in [0.1, 0.15) is 0 Å². The molecule has 27 heavy (non-hydrogen) atoms. The van der Waals surface area contributed by atoms with Crippen molar-refractivity contribution >= 4 is 27.3 Å². The Morgan fingerprint density at radius 2 is 1.48 bits per heavy atom. The number of anilines is 3. The van der Waals surface area contributed by atoms with Gasteiger partial charge in [-0.05, 0) is 55.3 Å². The third-order valence-electron chi connectivity index (χ3n) is 5.16. The highest BCUT2D eigenvalue weighted by Crippen LogP contribution is 2.26. The van der Waals surface area contributed by atoms with Gasteiger partial charge in [0.25, 0.3) is 0 Å². The quantitative estimate of drug-likeness (QED) is 0.856. The van der Waals surface area contributed by atoms with Crippen molar-refractivity contribution < 1.29 is 8.42 Å². The standard InChI is InChI=1S/C20H28N4O2S/c1-16-6-5-7-20(17(16)2)24-14-12-23(13-15-24)19-10-8-18(9-11-19)21-27(25,26)22(3)4/h5-11,21H,12-15H2,1-4H3. The van der Waals surface area contributed by atoms with Gasteiger partial charge in [-0.25, -0.2) is 0 Å². The highest BCUT2D eigenvalue weighted by atomic mass is 32.2. The number of piperazine rings is 1. The molecule has 0 amide bonds. The Kier molecular flexibility index (Phi) is 5.62. The second-order valence-corrected chi connectivity index (χ2v) is 9.01. The zero-order valence-electron chi connectivity index (χ0n) is 16.4. The molecular weight excluding hydrogens is 360 g/mol. The number of rotatable bonds is 5. The lowest BCUT2D eigenvalue weighted by Gasteiger charge is -2.38. The molecule has 3 rings (SSSR count). The smallest absolute Gasteiger partial charge is 0.301 e. The van der Waals surface area contributed by atoms with Crippen LogP contribution in [-0.4, -0.2) is 53.0 Å². The van der Waals surface area contributed by atoms with Crippen LogP contribution in [0.2, 0.25) is 0 Å². The zero-order valence-corrected chi connectivity index (χ0v) is 17.3. The first-order valence-electron chi connectivity index (χ1n) is 9.14. The van der Waals surface area contributed by atoms with Crippen LogP contribution in [0.5, 0.6) is 0 Å². The molecule has 146 valence electrons. The fourth-order valence-corrected chi connectivity index (χ4v) is 3.88. The van der Waals surface area contributed by atoms with Crippen LogP contribution in [0.25, 0.3) is 0 Å². The van der Waals surface area contributed by atoms with Crippen LogP contribution in [-0.2, 0) is 10.2 Å². The molecule has 0 atom stereocenters. The van der Waals surface area contributed by atoms with Crippen LogP contribution in [0.4, 0.5) is 17.1 Å². The summed E-state index contributed by atoms with van der Waals surface area (Å²) in [6.07, 6.45) is 0. The van der Waals surface area contributed by atoms with E-state index in [0.29, 0.717) is 5.69 Å². The van der Waals surface area contributed by atoms with E-state index in [1.54, 1.807) is 0 Å². The third-order valence-corrected chi connectivity index (χ3v) is 6.61. The van der Waals surface area contributed by atoms with Gasteiger partial charge in [0, 0.05) is 57.3 Å². The van der Waals surface area contributed by atoms with Gasteiger partial charge >= 0.3 is 10.2 Å². The first kappa shape index (κ1) is 19.5. The minimum Gasteiger partial charge on any atom is -0.368 e. The van der Waals surface area contributed by atoms with Crippen LogP contribution >= 0.6 is 0 Å². The first-order valence-corrected chi connectivity index (χ1v) is 10.6. The molecule has 1 aliphatic heterocycles. The van der Waals surface area contributed by atoms with Gasteiger partial charge in [-0.15, -0.1) is 0 Å². The van der Waals surface area contributed by atoms with E-state index < -0.39 is 10.2 Å². The molecule has 0 bridgehead atoms. The molecule has 0 spiro atoms. The lowest BCUT2D eigenvalue weighted by atomic mass is 10.1. The lowest BCUT2D eigenvalue weighted by molar-refractivity contribution is 0.527. The molecule has 0 saturated carbocycles. The van der Waals surface area contributed by atoms with E-state index in [0.717, 1.165) is 36.2 Å². The van der Waals surface area contributed by atoms with Crippen molar-refractivity contribution in [1.29, 1.82) is 0 Å². The Morgan fingerprint density at radius 3 is 2.07 bits per heavy atom. The van der Waals surface area contributed by atoms with Gasteiger partial charge in [0.05, 0.1) is 0 Å². The predicted molar refractivity (Wildman–Crippen MR) is 113 cm³/mol. The predicted octanol–water partition coefficient (Wildman–Crippen LogP) is 2.85. The SMILES string of the molecule is Cc1cccc(N2CCN(c3ccc(NS(=O)(=O)N(C)C)cc3)CC2)c1C. The molecule has 1 fully saturated rings. The van der Waals surface area contributed by atoms with Crippen LogP contribution in [0.1, 0.15) is 11.1 Å². The van der Waals surface area contributed by atoms with Gasteiger partial charge in [0.2, 0.25) is 0 Å². The van der Waals surface area contributed by atoms with Crippen molar-refractivity contribution in [3.63, 3.8) is 0 Å². The zero-order chi connectivity index (χ0) is 19.6. The molecule has 1 saturated heterocycles. The molecule has 0 unspecified atom stereocenters. The molecule has 0 radical (unpaired) electrons. The van der Waals surface area contributed by atoms with E-state index in [9.17, 15) is 8.42 Å². The fraction of sp³-hybridized carbons (Fsp3) is 0.400. The Hall–Kier alpha value is -2.25. The molecule has 1 aliphatic rings. The topological polar surface area (TPSA) is 55.9 Å². The van der Waals surface area contributed by atoms with E-state index in [1.165, 1.54) is 30.9 Å². The summed E-state index contributed by atoms with van der Waals surface area (Å²) in [5.74, 6) is 0. The molecule has 0 aromatic heterocycles. The average Bonchev–Trinajstić information content (AvgIpc) is 2.64. The average molecular weight is 389 g/mol. The molecule has 1 N–H and O–H groups in total. The number of hydrogen-bond donors (Lipinski definition) is 1. The maximum atomic E-state index is 11.9. The molecule has 2 aromatic rings. The number of nitrogens with one attached hydrogen (secondary N) is 1. The van der Waals surface area contributed by atoms with E-state index in [2.05, 4.69) is 46.6 Å². The Morgan fingerprint density at radius 1 is 0.889 bits per heavy atom. The summed E-state index contributed by atoms with van der Waals surface area (Å²) in [7, 11) is -0.459. The maximum absolute atomic E-state index is 11.9. The molecule has 6 nitrogen and oxygen atoms in total. The van der Waals surface area contributed by atoms with Crippen LogP contribution in [0.3, 0.4) is 0 Å². The van der Waals surface area contributed by atoms with Gasteiger partial charge in [0.15, 0.2) is 0 Å². The van der Waals surface area contributed by atoms with Crippen molar-refractivity contribution in [3.05, 3.63) is 53.6 Å². The summed E-state index contributed by atoms with van der Waals surface area (Å²) < 4.78 is 27.5. The van der Waals surface area contributed by atoms with Crippen molar-refractivity contribution in [2.24, 2.45) is 0 Å². The lowest BCUT2D eigenvalue weighted by Crippen LogP contribution is -2.46. The van der Waals surface area contributed by atoms with E-state index >= 15 is 0 Å². The number of aryl methyl sites for hydroxylation is 1. The highest BCUT2D eigenvalue weighted by molar-refractivity contribution is 7.90. The summed E-state index contributed by atoms with van der Waals surface area (Å²) in [5, 5.41) is 0.